The zero-order valence-electron chi connectivity index (χ0n) is 12.4. The predicted octanol–water partition coefficient (Wildman–Crippen LogP) is 2.81. The average Bonchev–Trinajstić information content (AvgIpc) is 2.38. The van der Waals surface area contributed by atoms with Crippen molar-refractivity contribution in [3.05, 3.63) is 24.3 Å². The molecule has 0 heterocycles. The van der Waals surface area contributed by atoms with Crippen LogP contribution in [0.4, 0.5) is 5.69 Å². The summed E-state index contributed by atoms with van der Waals surface area (Å²) in [6.07, 6.45) is 1.87. The Morgan fingerprint density at radius 2 is 2.10 bits per heavy atom. The largest absolute Gasteiger partial charge is 0.399 e. The molecule has 0 radical (unpaired) electrons. The van der Waals surface area contributed by atoms with Gasteiger partial charge in [0.1, 0.15) is 0 Å². The molecule has 6 heteroatoms. The summed E-state index contributed by atoms with van der Waals surface area (Å²) in [4.78, 5) is 1.00. The van der Waals surface area contributed by atoms with Crippen LogP contribution in [0.1, 0.15) is 26.7 Å². The van der Waals surface area contributed by atoms with Crippen LogP contribution in [-0.4, -0.2) is 37.3 Å². The first-order valence-electron chi connectivity index (χ1n) is 6.81. The summed E-state index contributed by atoms with van der Waals surface area (Å²) in [5.41, 5.74) is 6.40. The van der Waals surface area contributed by atoms with Crippen LogP contribution in [0.3, 0.4) is 0 Å². The average molecular weight is 316 g/mol. The molecule has 0 fully saturated rings. The topological polar surface area (TPSA) is 63.4 Å². The van der Waals surface area contributed by atoms with Gasteiger partial charge in [-0.25, -0.2) is 12.7 Å². The number of nitrogens with zero attached hydrogens (tertiary/aromatic N) is 1. The van der Waals surface area contributed by atoms with E-state index in [4.69, 9.17) is 5.73 Å². The standard InChI is InChI=1S/C14H24N2O2S2/c1-4-6-12(2)16(3)20(17,18)10-9-19-14-8-5-7-13(15)11-14/h5,7-8,11-12H,4,6,9-10,15H2,1-3H3. The van der Waals surface area contributed by atoms with Crippen LogP contribution in [-0.2, 0) is 10.0 Å². The summed E-state index contributed by atoms with van der Waals surface area (Å²) in [7, 11) is -1.51. The summed E-state index contributed by atoms with van der Waals surface area (Å²) in [5.74, 6) is 0.686. The van der Waals surface area contributed by atoms with Gasteiger partial charge in [-0.15, -0.1) is 11.8 Å². The van der Waals surface area contributed by atoms with Crippen molar-refractivity contribution in [2.24, 2.45) is 0 Å². The zero-order valence-corrected chi connectivity index (χ0v) is 14.0. The third-order valence-electron chi connectivity index (χ3n) is 3.23. The van der Waals surface area contributed by atoms with Crippen molar-refractivity contribution < 1.29 is 8.42 Å². The van der Waals surface area contributed by atoms with Crippen molar-refractivity contribution in [2.75, 3.05) is 24.3 Å². The Hall–Kier alpha value is -0.720. The molecule has 0 aliphatic heterocycles. The van der Waals surface area contributed by atoms with Gasteiger partial charge in [-0.2, -0.15) is 0 Å². The number of anilines is 1. The fraction of sp³-hybridized carbons (Fsp3) is 0.571. The van der Waals surface area contributed by atoms with Gasteiger partial charge in [-0.05, 0) is 31.5 Å². The van der Waals surface area contributed by atoms with Crippen LogP contribution in [0.25, 0.3) is 0 Å². The molecular weight excluding hydrogens is 292 g/mol. The fourth-order valence-electron chi connectivity index (χ4n) is 1.89. The highest BCUT2D eigenvalue weighted by Crippen LogP contribution is 2.21. The molecule has 2 N–H and O–H groups in total. The normalized spacial score (nSPS) is 13.6. The maximum absolute atomic E-state index is 12.2. The van der Waals surface area contributed by atoms with E-state index in [-0.39, 0.29) is 11.8 Å². The second kappa shape index (κ2) is 7.90. The molecule has 0 aliphatic rings. The molecular formula is C14H24N2O2S2. The van der Waals surface area contributed by atoms with Gasteiger partial charge in [0.05, 0.1) is 5.75 Å². The number of nitrogen functional groups attached to an aromatic ring is 1. The van der Waals surface area contributed by atoms with Crippen LogP contribution in [0.15, 0.2) is 29.2 Å². The number of thioether (sulfide) groups is 1. The lowest BCUT2D eigenvalue weighted by Crippen LogP contribution is -2.37. The number of hydrogen-bond acceptors (Lipinski definition) is 4. The molecule has 0 bridgehead atoms. The van der Waals surface area contributed by atoms with E-state index in [0.29, 0.717) is 11.4 Å². The lowest BCUT2D eigenvalue weighted by molar-refractivity contribution is 0.369. The molecule has 20 heavy (non-hydrogen) atoms. The summed E-state index contributed by atoms with van der Waals surface area (Å²) in [6.45, 7) is 4.01. The Labute approximate surface area is 126 Å². The Kier molecular flexibility index (Phi) is 6.85. The van der Waals surface area contributed by atoms with Crippen molar-refractivity contribution in [1.82, 2.24) is 4.31 Å². The Morgan fingerprint density at radius 3 is 2.70 bits per heavy atom. The summed E-state index contributed by atoms with van der Waals surface area (Å²) in [6, 6.07) is 7.56. The second-order valence-corrected chi connectivity index (χ2v) is 8.21. The number of hydrogen-bond donors (Lipinski definition) is 1. The Morgan fingerprint density at radius 1 is 1.40 bits per heavy atom. The van der Waals surface area contributed by atoms with Gasteiger partial charge in [0.25, 0.3) is 0 Å². The molecule has 1 unspecified atom stereocenters. The first-order valence-corrected chi connectivity index (χ1v) is 9.40. The lowest BCUT2D eigenvalue weighted by atomic mass is 10.2. The number of benzene rings is 1. The Bertz CT molecular complexity index is 518. The van der Waals surface area contributed by atoms with E-state index >= 15 is 0 Å². The van der Waals surface area contributed by atoms with Gasteiger partial charge in [-0.3, -0.25) is 0 Å². The minimum Gasteiger partial charge on any atom is -0.399 e. The molecule has 1 rings (SSSR count). The fourth-order valence-corrected chi connectivity index (χ4v) is 4.63. The molecule has 0 amide bonds. The molecule has 0 aromatic heterocycles. The minimum atomic E-state index is -3.18. The predicted molar refractivity (Wildman–Crippen MR) is 87.5 cm³/mol. The SMILES string of the molecule is CCCC(C)N(C)S(=O)(=O)CCSc1cccc(N)c1. The minimum absolute atomic E-state index is 0.0577. The number of sulfonamides is 1. The van der Waals surface area contributed by atoms with Gasteiger partial charge in [0.15, 0.2) is 0 Å². The third kappa shape index (κ3) is 5.34. The maximum atomic E-state index is 12.2. The van der Waals surface area contributed by atoms with Gasteiger partial charge in [-0.1, -0.05) is 19.4 Å². The van der Waals surface area contributed by atoms with Crippen molar-refractivity contribution in [2.45, 2.75) is 37.6 Å². The highest BCUT2D eigenvalue weighted by atomic mass is 32.2. The van der Waals surface area contributed by atoms with E-state index in [0.717, 1.165) is 17.7 Å². The van der Waals surface area contributed by atoms with Crippen molar-refractivity contribution in [3.63, 3.8) is 0 Å². The van der Waals surface area contributed by atoms with Gasteiger partial charge >= 0.3 is 0 Å². The quantitative estimate of drug-likeness (QED) is 0.592. The van der Waals surface area contributed by atoms with E-state index < -0.39 is 10.0 Å². The first kappa shape index (κ1) is 17.3. The zero-order chi connectivity index (χ0) is 15.2. The van der Waals surface area contributed by atoms with E-state index in [2.05, 4.69) is 6.92 Å². The molecule has 114 valence electrons. The van der Waals surface area contributed by atoms with Crippen molar-refractivity contribution in [1.29, 1.82) is 0 Å². The lowest BCUT2D eigenvalue weighted by Gasteiger charge is -2.23. The van der Waals surface area contributed by atoms with E-state index in [1.165, 1.54) is 16.1 Å². The molecule has 1 aromatic carbocycles. The molecule has 0 saturated carbocycles. The second-order valence-electron chi connectivity index (χ2n) is 4.89. The van der Waals surface area contributed by atoms with Crippen molar-refractivity contribution >= 4 is 27.5 Å². The molecule has 1 atom stereocenters. The smallest absolute Gasteiger partial charge is 0.214 e. The van der Waals surface area contributed by atoms with Gasteiger partial charge in [0, 0.05) is 29.4 Å². The summed E-state index contributed by atoms with van der Waals surface area (Å²) >= 11 is 1.52. The monoisotopic (exact) mass is 316 g/mol. The Balaban J connectivity index is 2.51. The molecule has 0 aliphatic carbocycles. The van der Waals surface area contributed by atoms with Gasteiger partial charge < -0.3 is 5.73 Å². The van der Waals surface area contributed by atoms with E-state index in [9.17, 15) is 8.42 Å². The maximum Gasteiger partial charge on any atom is 0.214 e. The van der Waals surface area contributed by atoms with Crippen LogP contribution in [0.2, 0.25) is 0 Å². The van der Waals surface area contributed by atoms with Crippen LogP contribution in [0, 0.1) is 0 Å². The van der Waals surface area contributed by atoms with Crippen LogP contribution in [0.5, 0.6) is 0 Å². The van der Waals surface area contributed by atoms with E-state index in [1.54, 1.807) is 7.05 Å². The van der Waals surface area contributed by atoms with Crippen molar-refractivity contribution in [3.8, 4) is 0 Å². The third-order valence-corrected chi connectivity index (χ3v) is 6.45. The van der Waals surface area contributed by atoms with Gasteiger partial charge in [0.2, 0.25) is 10.0 Å². The molecule has 4 nitrogen and oxygen atoms in total. The molecule has 0 saturated heterocycles. The van der Waals surface area contributed by atoms with Crippen LogP contribution >= 0.6 is 11.8 Å². The van der Waals surface area contributed by atoms with E-state index in [1.807, 2.05) is 31.2 Å². The number of rotatable bonds is 8. The summed E-state index contributed by atoms with van der Waals surface area (Å²) in [5, 5.41) is 0. The first-order chi connectivity index (χ1) is 9.36. The molecule has 1 aromatic rings. The molecule has 0 spiro atoms. The number of nitrogens with two attached hydrogens (primary N) is 1. The highest BCUT2D eigenvalue weighted by molar-refractivity contribution is 8.00. The van der Waals surface area contributed by atoms with Crippen LogP contribution < -0.4 is 5.73 Å². The summed E-state index contributed by atoms with van der Waals surface area (Å²) < 4.78 is 25.9. The highest BCUT2D eigenvalue weighted by Gasteiger charge is 2.22.